The Kier molecular flexibility index (Phi) is 14.8. The molecule has 3 amide bonds. The third kappa shape index (κ3) is 13.3. The monoisotopic (exact) mass is 677 g/mol. The van der Waals surface area contributed by atoms with Crippen LogP contribution in [0.25, 0.3) is 0 Å². The molecular weight excluding hydrogens is 630 g/mol. The number of alkyl carbamates (subject to hydrolysis) is 1. The lowest BCUT2D eigenvalue weighted by Gasteiger charge is -2.29. The third-order valence-corrected chi connectivity index (χ3v) is 8.50. The van der Waals surface area contributed by atoms with Crippen LogP contribution in [0.4, 0.5) is 4.79 Å². The summed E-state index contributed by atoms with van der Waals surface area (Å²) in [6.45, 7) is 9.02. The van der Waals surface area contributed by atoms with Crippen molar-refractivity contribution in [3.8, 4) is 5.75 Å². The van der Waals surface area contributed by atoms with Crippen LogP contribution in [0.2, 0.25) is 0 Å². The molecule has 0 aliphatic rings. The second-order valence-corrected chi connectivity index (χ2v) is 13.6. The summed E-state index contributed by atoms with van der Waals surface area (Å²) in [4.78, 5) is 53.7. The van der Waals surface area contributed by atoms with Gasteiger partial charge in [0.15, 0.2) is 0 Å². The predicted octanol–water partition coefficient (Wildman–Crippen LogP) is 5.52. The molecule has 0 radical (unpaired) electrons. The first kappa shape index (κ1) is 37.9. The number of thioether (sulfide) groups is 1. The topological polar surface area (TPSA) is 143 Å². The quantitative estimate of drug-likeness (QED) is 0.145. The first-order chi connectivity index (χ1) is 22.8. The van der Waals surface area contributed by atoms with Gasteiger partial charge < -0.3 is 30.5 Å². The number of phenolic OH excluding ortho intramolecular Hbond substituents is 1. The van der Waals surface area contributed by atoms with E-state index in [-0.39, 0.29) is 30.4 Å². The van der Waals surface area contributed by atoms with Crippen LogP contribution in [0.3, 0.4) is 0 Å². The van der Waals surface area contributed by atoms with E-state index >= 15 is 0 Å². The molecule has 0 saturated carbocycles. The van der Waals surface area contributed by atoms with E-state index in [1.54, 1.807) is 32.9 Å². The zero-order valence-corrected chi connectivity index (χ0v) is 29.0. The minimum Gasteiger partial charge on any atom is -0.508 e. The molecule has 10 nitrogen and oxygen atoms in total. The largest absolute Gasteiger partial charge is 0.508 e. The Balaban J connectivity index is 1.82. The van der Waals surface area contributed by atoms with E-state index in [9.17, 15) is 24.3 Å². The summed E-state index contributed by atoms with van der Waals surface area (Å²) >= 11 is 1.45. The minimum atomic E-state index is -1.13. The molecule has 4 atom stereocenters. The highest BCUT2D eigenvalue weighted by Gasteiger charge is 2.34. The summed E-state index contributed by atoms with van der Waals surface area (Å²) < 4.78 is 11.0. The van der Waals surface area contributed by atoms with Crippen molar-refractivity contribution in [2.45, 2.75) is 83.5 Å². The van der Waals surface area contributed by atoms with Crippen LogP contribution in [0, 0.1) is 5.92 Å². The van der Waals surface area contributed by atoms with E-state index in [0.717, 1.165) is 11.1 Å². The number of nitrogens with one attached hydrogen (secondary N) is 3. The van der Waals surface area contributed by atoms with Crippen LogP contribution in [0.15, 0.2) is 84.9 Å². The summed E-state index contributed by atoms with van der Waals surface area (Å²) in [6, 6.07) is 22.0. The van der Waals surface area contributed by atoms with Crippen LogP contribution < -0.4 is 16.0 Å². The molecule has 0 unspecified atom stereocenters. The Morgan fingerprint density at radius 1 is 0.771 bits per heavy atom. The summed E-state index contributed by atoms with van der Waals surface area (Å²) in [5.74, 6) is -1.16. The van der Waals surface area contributed by atoms with Gasteiger partial charge in [0, 0.05) is 17.9 Å². The Hall–Kier alpha value is -4.51. The van der Waals surface area contributed by atoms with Crippen molar-refractivity contribution in [1.82, 2.24) is 16.0 Å². The maximum Gasteiger partial charge on any atom is 0.408 e. The number of hydrogen-bond acceptors (Lipinski definition) is 8. The lowest BCUT2D eigenvalue weighted by molar-refractivity contribution is -0.160. The maximum atomic E-state index is 13.9. The zero-order valence-electron chi connectivity index (χ0n) is 28.2. The molecule has 3 aromatic carbocycles. The maximum absolute atomic E-state index is 13.9. The SMILES string of the molecule is CC[C@H](C)[C@H](NC(=O)[C@H](Cc1ccc(O)cc1)NC(=O)[C@H](CSCc1ccccc1)NC(=O)OCc1ccccc1)C(=O)OC(C)(C)C. The molecule has 0 fully saturated rings. The van der Waals surface area contributed by atoms with Gasteiger partial charge in [0.1, 0.15) is 36.1 Å². The molecule has 0 aliphatic heterocycles. The summed E-state index contributed by atoms with van der Waals surface area (Å²) in [5.41, 5.74) is 1.74. The molecule has 4 N–H and O–H groups in total. The van der Waals surface area contributed by atoms with Crippen molar-refractivity contribution in [3.05, 3.63) is 102 Å². The highest BCUT2D eigenvalue weighted by atomic mass is 32.2. The number of carbonyl (C=O) groups excluding carboxylic acids is 4. The summed E-state index contributed by atoms with van der Waals surface area (Å²) in [6.07, 6.45) is -0.128. The van der Waals surface area contributed by atoms with Crippen molar-refractivity contribution in [2.75, 3.05) is 5.75 Å². The van der Waals surface area contributed by atoms with Gasteiger partial charge in [0.25, 0.3) is 0 Å². The van der Waals surface area contributed by atoms with Crippen LogP contribution in [0.5, 0.6) is 5.75 Å². The smallest absolute Gasteiger partial charge is 0.408 e. The lowest BCUT2D eigenvalue weighted by atomic mass is 9.97. The number of aromatic hydroxyl groups is 1. The fourth-order valence-corrected chi connectivity index (χ4v) is 5.61. The molecular formula is C37H47N3O7S. The molecule has 3 aromatic rings. The Morgan fingerprint density at radius 2 is 1.35 bits per heavy atom. The fourth-order valence-electron chi connectivity index (χ4n) is 4.60. The average Bonchev–Trinajstić information content (AvgIpc) is 3.06. The number of hydrogen-bond donors (Lipinski definition) is 4. The first-order valence-corrected chi connectivity index (χ1v) is 17.2. The molecule has 0 aliphatic carbocycles. The highest BCUT2D eigenvalue weighted by molar-refractivity contribution is 7.98. The van der Waals surface area contributed by atoms with Gasteiger partial charge in [0.05, 0.1) is 0 Å². The van der Waals surface area contributed by atoms with E-state index in [4.69, 9.17) is 9.47 Å². The van der Waals surface area contributed by atoms with Crippen LogP contribution in [-0.2, 0) is 42.6 Å². The summed E-state index contributed by atoms with van der Waals surface area (Å²) in [5, 5.41) is 18.1. The Morgan fingerprint density at radius 3 is 1.94 bits per heavy atom. The lowest BCUT2D eigenvalue weighted by Crippen LogP contribution is -2.58. The summed E-state index contributed by atoms with van der Waals surface area (Å²) in [7, 11) is 0. The van der Waals surface area contributed by atoms with Gasteiger partial charge in [0.2, 0.25) is 11.8 Å². The molecule has 0 saturated heterocycles. The van der Waals surface area contributed by atoms with Crippen LogP contribution in [-0.4, -0.2) is 58.5 Å². The number of esters is 1. The first-order valence-electron chi connectivity index (χ1n) is 16.0. The third-order valence-electron chi connectivity index (χ3n) is 7.40. The van der Waals surface area contributed by atoms with Crippen molar-refractivity contribution in [2.24, 2.45) is 5.92 Å². The normalized spacial score (nSPS) is 13.7. The number of benzene rings is 3. The van der Waals surface area contributed by atoms with Crippen molar-refractivity contribution < 1.29 is 33.8 Å². The molecule has 0 aromatic heterocycles. The van der Waals surface area contributed by atoms with Crippen molar-refractivity contribution in [1.29, 1.82) is 0 Å². The second kappa shape index (κ2) is 18.7. The number of carbonyl (C=O) groups is 4. The number of rotatable bonds is 16. The molecule has 0 spiro atoms. The fraction of sp³-hybridized carbons (Fsp3) is 0.405. The van der Waals surface area contributed by atoms with Gasteiger partial charge in [-0.05, 0) is 55.5 Å². The Bertz CT molecular complexity index is 1460. The van der Waals surface area contributed by atoms with Gasteiger partial charge in [-0.2, -0.15) is 11.8 Å². The molecule has 3 rings (SSSR count). The predicted molar refractivity (Wildman–Crippen MR) is 187 cm³/mol. The van der Waals surface area contributed by atoms with Crippen molar-refractivity contribution in [3.63, 3.8) is 0 Å². The van der Waals surface area contributed by atoms with E-state index in [2.05, 4.69) is 16.0 Å². The molecule has 11 heteroatoms. The molecule has 0 heterocycles. The molecule has 48 heavy (non-hydrogen) atoms. The minimum absolute atomic E-state index is 0.0196. The Labute approximate surface area is 287 Å². The zero-order chi connectivity index (χ0) is 35.1. The number of amides is 3. The standard InChI is InChI=1S/C37H47N3O7S/c1-6-25(2)32(35(44)47-37(3,4)5)40-33(42)30(21-26-17-19-29(41)20-18-26)38-34(43)31(24-48-23-28-15-11-8-12-16-28)39-36(45)46-22-27-13-9-7-10-14-27/h7-20,25,30-32,41H,6,21-24H2,1-5H3,(H,38,43)(H,39,45)(H,40,42)/t25-,30-,31-,32-/m0/s1. The average molecular weight is 678 g/mol. The van der Waals surface area contributed by atoms with Gasteiger partial charge in [-0.3, -0.25) is 9.59 Å². The van der Waals surface area contributed by atoms with E-state index in [1.807, 2.05) is 74.5 Å². The van der Waals surface area contributed by atoms with Gasteiger partial charge in [-0.15, -0.1) is 0 Å². The van der Waals surface area contributed by atoms with E-state index in [0.29, 0.717) is 17.7 Å². The highest BCUT2D eigenvalue weighted by Crippen LogP contribution is 2.17. The molecule has 258 valence electrons. The molecule has 0 bridgehead atoms. The van der Waals surface area contributed by atoms with Crippen LogP contribution in [0.1, 0.15) is 57.7 Å². The van der Waals surface area contributed by atoms with E-state index in [1.165, 1.54) is 23.9 Å². The van der Waals surface area contributed by atoms with Gasteiger partial charge in [-0.1, -0.05) is 93.1 Å². The van der Waals surface area contributed by atoms with E-state index < -0.39 is 47.6 Å². The van der Waals surface area contributed by atoms with Gasteiger partial charge in [-0.25, -0.2) is 9.59 Å². The van der Waals surface area contributed by atoms with Gasteiger partial charge >= 0.3 is 12.1 Å². The number of ether oxygens (including phenoxy) is 2. The second-order valence-electron chi connectivity index (χ2n) is 12.6. The van der Waals surface area contributed by atoms with Crippen molar-refractivity contribution >= 4 is 35.6 Å². The number of phenols is 1. The van der Waals surface area contributed by atoms with Crippen LogP contribution >= 0.6 is 11.8 Å².